The summed E-state index contributed by atoms with van der Waals surface area (Å²) in [5.74, 6) is 0.861. The van der Waals surface area contributed by atoms with Gasteiger partial charge < -0.3 is 4.74 Å². The molecule has 0 aliphatic rings. The maximum Gasteiger partial charge on any atom is 0.250 e. The Morgan fingerprint density at radius 1 is 1.06 bits per heavy atom. The van der Waals surface area contributed by atoms with Crippen molar-refractivity contribution in [3.05, 3.63) is 89.7 Å². The molecular weight excluding hydrogens is 453 g/mol. The number of rotatable bonds is 8. The highest BCUT2D eigenvalue weighted by atomic mass is 32.2. The highest BCUT2D eigenvalue weighted by molar-refractivity contribution is 7.99. The van der Waals surface area contributed by atoms with Crippen LogP contribution >= 0.6 is 11.8 Å². The van der Waals surface area contributed by atoms with E-state index >= 15 is 0 Å². The molecular formula is C25H22FN5O2S. The minimum absolute atomic E-state index is 0.0863. The molecule has 0 aliphatic heterocycles. The number of halogens is 1. The van der Waals surface area contributed by atoms with Crippen LogP contribution in [-0.4, -0.2) is 39.7 Å². The van der Waals surface area contributed by atoms with E-state index in [0.29, 0.717) is 16.5 Å². The fraction of sp³-hybridized carbons (Fsp3) is 0.120. The number of aryl methyl sites for hydroxylation is 1. The minimum atomic E-state index is -0.330. The van der Waals surface area contributed by atoms with Crippen LogP contribution in [-0.2, 0) is 4.79 Å². The standard InChI is InChI=1S/C25H22FN5O2S/c1-17-3-7-19(8-4-17)24-29-30-25(31(24)21-11-13-22(33-2)14-12-21)34-16-23(32)28-27-15-18-5-9-20(26)10-6-18/h3-15H,16H2,1-2H3,(H,28,32)/b27-15-. The van der Waals surface area contributed by atoms with Gasteiger partial charge in [0.05, 0.1) is 19.1 Å². The first-order chi connectivity index (χ1) is 16.5. The molecule has 1 aromatic heterocycles. The average molecular weight is 476 g/mol. The molecule has 1 amide bonds. The Bertz CT molecular complexity index is 1290. The van der Waals surface area contributed by atoms with Gasteiger partial charge in [0.25, 0.3) is 5.91 Å². The molecule has 0 saturated heterocycles. The second-order valence-electron chi connectivity index (χ2n) is 7.34. The summed E-state index contributed by atoms with van der Waals surface area (Å²) in [6.07, 6.45) is 1.46. The van der Waals surface area contributed by atoms with Crippen molar-refractivity contribution in [1.29, 1.82) is 0 Å². The average Bonchev–Trinajstić information content (AvgIpc) is 3.28. The summed E-state index contributed by atoms with van der Waals surface area (Å²) in [7, 11) is 1.62. The van der Waals surface area contributed by atoms with Crippen LogP contribution in [0.4, 0.5) is 4.39 Å². The molecule has 0 bridgehead atoms. The van der Waals surface area contributed by atoms with Crippen molar-refractivity contribution < 1.29 is 13.9 Å². The summed E-state index contributed by atoms with van der Waals surface area (Å²) >= 11 is 1.25. The van der Waals surface area contributed by atoms with Crippen LogP contribution in [0.25, 0.3) is 17.1 Å². The fourth-order valence-corrected chi connectivity index (χ4v) is 3.85. The van der Waals surface area contributed by atoms with Crippen LogP contribution in [0.15, 0.2) is 83.1 Å². The molecule has 0 unspecified atom stereocenters. The first-order valence-corrected chi connectivity index (χ1v) is 11.4. The number of nitrogens with one attached hydrogen (secondary N) is 1. The number of amides is 1. The number of methoxy groups -OCH3 is 1. The van der Waals surface area contributed by atoms with Gasteiger partial charge in [-0.2, -0.15) is 5.10 Å². The third kappa shape index (κ3) is 5.68. The number of nitrogens with zero attached hydrogens (tertiary/aromatic N) is 4. The highest BCUT2D eigenvalue weighted by Gasteiger charge is 2.17. The van der Waals surface area contributed by atoms with Gasteiger partial charge >= 0.3 is 0 Å². The van der Waals surface area contributed by atoms with Crippen LogP contribution in [0.3, 0.4) is 0 Å². The first kappa shape index (κ1) is 23.2. The topological polar surface area (TPSA) is 81.4 Å². The van der Waals surface area contributed by atoms with E-state index in [9.17, 15) is 9.18 Å². The molecule has 0 radical (unpaired) electrons. The normalized spacial score (nSPS) is 11.0. The number of carbonyl (C=O) groups excluding carboxylic acids is 1. The Kier molecular flexibility index (Phi) is 7.34. The lowest BCUT2D eigenvalue weighted by Crippen LogP contribution is -2.20. The van der Waals surface area contributed by atoms with Crippen LogP contribution in [0.5, 0.6) is 5.75 Å². The van der Waals surface area contributed by atoms with Crippen molar-refractivity contribution in [2.75, 3.05) is 12.9 Å². The first-order valence-electron chi connectivity index (χ1n) is 10.4. The molecule has 4 aromatic rings. The van der Waals surface area contributed by atoms with Crippen molar-refractivity contribution in [2.45, 2.75) is 12.1 Å². The van der Waals surface area contributed by atoms with Gasteiger partial charge in [0.15, 0.2) is 11.0 Å². The van der Waals surface area contributed by atoms with Gasteiger partial charge in [0, 0.05) is 11.3 Å². The number of ether oxygens (including phenoxy) is 1. The molecule has 172 valence electrons. The third-order valence-corrected chi connectivity index (χ3v) is 5.81. The van der Waals surface area contributed by atoms with E-state index in [1.807, 2.05) is 60.0 Å². The summed E-state index contributed by atoms with van der Waals surface area (Å²) in [6, 6.07) is 21.4. The van der Waals surface area contributed by atoms with Crippen molar-refractivity contribution in [1.82, 2.24) is 20.2 Å². The van der Waals surface area contributed by atoms with Gasteiger partial charge in [0.2, 0.25) is 0 Å². The van der Waals surface area contributed by atoms with E-state index in [1.165, 1.54) is 30.1 Å². The van der Waals surface area contributed by atoms with E-state index in [-0.39, 0.29) is 17.5 Å². The lowest BCUT2D eigenvalue weighted by Gasteiger charge is -2.11. The Labute approximate surface area is 200 Å². The lowest BCUT2D eigenvalue weighted by atomic mass is 10.1. The van der Waals surface area contributed by atoms with Crippen molar-refractivity contribution in [3.63, 3.8) is 0 Å². The third-order valence-electron chi connectivity index (χ3n) is 4.88. The Hall–Kier alpha value is -3.98. The smallest absolute Gasteiger partial charge is 0.250 e. The van der Waals surface area contributed by atoms with Gasteiger partial charge in [-0.3, -0.25) is 9.36 Å². The van der Waals surface area contributed by atoms with Crippen LogP contribution in [0.1, 0.15) is 11.1 Å². The number of benzene rings is 3. The summed E-state index contributed by atoms with van der Waals surface area (Å²) < 4.78 is 20.2. The summed E-state index contributed by atoms with van der Waals surface area (Å²) in [4.78, 5) is 12.3. The van der Waals surface area contributed by atoms with Crippen LogP contribution in [0.2, 0.25) is 0 Å². The molecule has 1 heterocycles. The Morgan fingerprint density at radius 2 is 1.76 bits per heavy atom. The Morgan fingerprint density at radius 3 is 2.44 bits per heavy atom. The number of hydrogen-bond acceptors (Lipinski definition) is 6. The van der Waals surface area contributed by atoms with Gasteiger partial charge in [-0.05, 0) is 48.9 Å². The van der Waals surface area contributed by atoms with Crippen LogP contribution in [0, 0.1) is 12.7 Å². The van der Waals surface area contributed by atoms with E-state index in [4.69, 9.17) is 4.74 Å². The molecule has 0 saturated carbocycles. The molecule has 7 nitrogen and oxygen atoms in total. The van der Waals surface area contributed by atoms with Gasteiger partial charge in [-0.1, -0.05) is 53.7 Å². The molecule has 0 spiro atoms. The minimum Gasteiger partial charge on any atom is -0.497 e. The zero-order valence-corrected chi connectivity index (χ0v) is 19.4. The lowest BCUT2D eigenvalue weighted by molar-refractivity contribution is -0.118. The maximum absolute atomic E-state index is 13.0. The number of hydrazone groups is 1. The molecule has 4 rings (SSSR count). The van der Waals surface area contributed by atoms with E-state index in [1.54, 1.807) is 19.2 Å². The number of carbonyl (C=O) groups is 1. The second-order valence-corrected chi connectivity index (χ2v) is 8.28. The number of aromatic nitrogens is 3. The highest BCUT2D eigenvalue weighted by Crippen LogP contribution is 2.29. The second kappa shape index (κ2) is 10.8. The van der Waals surface area contributed by atoms with Gasteiger partial charge in [-0.25, -0.2) is 9.82 Å². The predicted octanol–water partition coefficient (Wildman–Crippen LogP) is 4.63. The van der Waals surface area contributed by atoms with E-state index < -0.39 is 0 Å². The predicted molar refractivity (Wildman–Crippen MR) is 131 cm³/mol. The molecule has 0 fully saturated rings. The quantitative estimate of drug-likeness (QED) is 0.228. The van der Waals surface area contributed by atoms with Crippen LogP contribution < -0.4 is 10.2 Å². The molecule has 3 aromatic carbocycles. The monoisotopic (exact) mass is 475 g/mol. The molecule has 0 aliphatic carbocycles. The zero-order valence-electron chi connectivity index (χ0n) is 18.6. The largest absolute Gasteiger partial charge is 0.497 e. The maximum atomic E-state index is 13.0. The van der Waals surface area contributed by atoms with E-state index in [2.05, 4.69) is 20.7 Å². The molecule has 0 atom stereocenters. The number of thioether (sulfide) groups is 1. The molecule has 34 heavy (non-hydrogen) atoms. The van der Waals surface area contributed by atoms with Crippen molar-refractivity contribution in [3.8, 4) is 22.8 Å². The fourth-order valence-electron chi connectivity index (χ4n) is 3.11. The molecule has 9 heteroatoms. The number of hydrogen-bond donors (Lipinski definition) is 1. The molecule has 1 N–H and O–H groups in total. The van der Waals surface area contributed by atoms with Crippen molar-refractivity contribution in [2.24, 2.45) is 5.10 Å². The van der Waals surface area contributed by atoms with Gasteiger partial charge in [0.1, 0.15) is 11.6 Å². The summed E-state index contributed by atoms with van der Waals surface area (Å²) in [5, 5.41) is 13.2. The zero-order chi connectivity index (χ0) is 23.9. The van der Waals surface area contributed by atoms with Crippen molar-refractivity contribution >= 4 is 23.9 Å². The van der Waals surface area contributed by atoms with Gasteiger partial charge in [-0.15, -0.1) is 10.2 Å². The Balaban J connectivity index is 1.52. The SMILES string of the molecule is COc1ccc(-n2c(SCC(=O)N/N=C\c3ccc(F)cc3)nnc2-c2ccc(C)cc2)cc1. The summed E-state index contributed by atoms with van der Waals surface area (Å²) in [6.45, 7) is 2.02. The summed E-state index contributed by atoms with van der Waals surface area (Å²) in [5.41, 5.74) is 6.06. The van der Waals surface area contributed by atoms with E-state index in [0.717, 1.165) is 22.6 Å².